The minimum atomic E-state index is 0.531. The van der Waals surface area contributed by atoms with E-state index in [0.717, 1.165) is 18.2 Å². The molecule has 1 aromatic rings. The number of nitrogens with zero attached hydrogens (tertiary/aromatic N) is 3. The molecule has 0 spiro atoms. The number of hydrogen-bond donors (Lipinski definition) is 1. The highest BCUT2D eigenvalue weighted by atomic mass is 15.3. The second-order valence-corrected chi connectivity index (χ2v) is 5.28. The number of nitrogen functional groups attached to an aromatic ring is 1. The van der Waals surface area contributed by atoms with Crippen molar-refractivity contribution in [2.75, 3.05) is 5.73 Å². The third-order valence-electron chi connectivity index (χ3n) is 3.75. The van der Waals surface area contributed by atoms with E-state index >= 15 is 0 Å². The zero-order chi connectivity index (χ0) is 12.4. The second kappa shape index (κ2) is 4.79. The Bertz CT molecular complexity index is 441. The van der Waals surface area contributed by atoms with Gasteiger partial charge in [0.25, 0.3) is 0 Å². The average molecular weight is 232 g/mol. The van der Waals surface area contributed by atoms with Crippen molar-refractivity contribution in [3.63, 3.8) is 0 Å². The molecule has 17 heavy (non-hydrogen) atoms. The molecule has 4 heteroatoms. The third-order valence-corrected chi connectivity index (χ3v) is 3.75. The predicted octanol–water partition coefficient (Wildman–Crippen LogP) is 2.47. The maximum absolute atomic E-state index is 8.98. The molecule has 2 rings (SSSR count). The lowest BCUT2D eigenvalue weighted by molar-refractivity contribution is 0.251. The van der Waals surface area contributed by atoms with Crippen LogP contribution < -0.4 is 5.73 Å². The van der Waals surface area contributed by atoms with E-state index in [9.17, 15) is 0 Å². The number of nitriles is 1. The minimum Gasteiger partial charge on any atom is -0.383 e. The van der Waals surface area contributed by atoms with Crippen LogP contribution in [0.25, 0.3) is 0 Å². The summed E-state index contributed by atoms with van der Waals surface area (Å²) in [5.74, 6) is 2.00. The molecule has 0 aromatic carbocycles. The molecular formula is C13H20N4. The molecule has 2 atom stereocenters. The van der Waals surface area contributed by atoms with Crippen molar-refractivity contribution in [2.45, 2.75) is 46.1 Å². The van der Waals surface area contributed by atoms with Gasteiger partial charge in [-0.05, 0) is 31.6 Å². The fourth-order valence-corrected chi connectivity index (χ4v) is 2.85. The average Bonchev–Trinajstić information content (AvgIpc) is 2.54. The van der Waals surface area contributed by atoms with E-state index in [0.29, 0.717) is 17.3 Å². The summed E-state index contributed by atoms with van der Waals surface area (Å²) in [6, 6.07) is 2.12. The van der Waals surface area contributed by atoms with Crippen molar-refractivity contribution >= 4 is 5.82 Å². The van der Waals surface area contributed by atoms with Crippen LogP contribution in [0.5, 0.6) is 0 Å². The molecule has 0 saturated heterocycles. The SMILES string of the molecule is Cc1nn(C[C@H]2CCC[C@H](C)C2)c(N)c1C#N. The molecular weight excluding hydrogens is 212 g/mol. The van der Waals surface area contributed by atoms with E-state index in [2.05, 4.69) is 18.1 Å². The monoisotopic (exact) mass is 232 g/mol. The van der Waals surface area contributed by atoms with Crippen LogP contribution in [0.4, 0.5) is 5.82 Å². The molecule has 0 aliphatic heterocycles. The molecule has 1 saturated carbocycles. The first kappa shape index (κ1) is 12.0. The first-order chi connectivity index (χ1) is 8.11. The minimum absolute atomic E-state index is 0.531. The molecule has 1 fully saturated rings. The summed E-state index contributed by atoms with van der Waals surface area (Å²) >= 11 is 0. The maximum atomic E-state index is 8.98. The summed E-state index contributed by atoms with van der Waals surface area (Å²) in [6.45, 7) is 5.01. The zero-order valence-electron chi connectivity index (χ0n) is 10.6. The summed E-state index contributed by atoms with van der Waals surface area (Å²) in [6.07, 6.45) is 5.15. The summed E-state index contributed by atoms with van der Waals surface area (Å²) in [5, 5.41) is 13.3. The number of aromatic nitrogens is 2. The third kappa shape index (κ3) is 2.44. The Morgan fingerprint density at radius 3 is 2.88 bits per heavy atom. The predicted molar refractivity (Wildman–Crippen MR) is 67.2 cm³/mol. The van der Waals surface area contributed by atoms with Gasteiger partial charge < -0.3 is 5.73 Å². The molecule has 1 heterocycles. The lowest BCUT2D eigenvalue weighted by atomic mass is 9.82. The van der Waals surface area contributed by atoms with Crippen LogP contribution in [0, 0.1) is 30.1 Å². The fraction of sp³-hybridized carbons (Fsp3) is 0.692. The summed E-state index contributed by atoms with van der Waals surface area (Å²) in [5.41, 5.74) is 7.22. The summed E-state index contributed by atoms with van der Waals surface area (Å²) in [7, 11) is 0. The largest absolute Gasteiger partial charge is 0.383 e. The Morgan fingerprint density at radius 1 is 1.53 bits per heavy atom. The molecule has 4 nitrogen and oxygen atoms in total. The highest BCUT2D eigenvalue weighted by molar-refractivity contribution is 5.51. The first-order valence-corrected chi connectivity index (χ1v) is 6.34. The number of rotatable bonds is 2. The quantitative estimate of drug-likeness (QED) is 0.851. The Morgan fingerprint density at radius 2 is 2.29 bits per heavy atom. The molecule has 0 radical (unpaired) electrons. The standard InChI is InChI=1S/C13H20N4/c1-9-4-3-5-11(6-9)8-17-13(15)12(7-14)10(2)16-17/h9,11H,3-6,8,15H2,1-2H3/t9-,11-/m0/s1. The van der Waals surface area contributed by atoms with E-state index in [-0.39, 0.29) is 0 Å². The van der Waals surface area contributed by atoms with Crippen LogP contribution in [-0.2, 0) is 6.54 Å². The number of anilines is 1. The van der Waals surface area contributed by atoms with Gasteiger partial charge in [0.15, 0.2) is 0 Å². The molecule has 0 amide bonds. The highest BCUT2D eigenvalue weighted by Gasteiger charge is 2.21. The highest BCUT2D eigenvalue weighted by Crippen LogP contribution is 2.30. The lowest BCUT2D eigenvalue weighted by Gasteiger charge is -2.26. The van der Waals surface area contributed by atoms with E-state index in [1.165, 1.54) is 25.7 Å². The number of aryl methyl sites for hydroxylation is 1. The Hall–Kier alpha value is -1.50. The molecule has 1 aliphatic carbocycles. The van der Waals surface area contributed by atoms with Gasteiger partial charge in [-0.3, -0.25) is 0 Å². The van der Waals surface area contributed by atoms with Gasteiger partial charge in [0.05, 0.1) is 5.69 Å². The maximum Gasteiger partial charge on any atom is 0.140 e. The van der Waals surface area contributed by atoms with E-state index < -0.39 is 0 Å². The summed E-state index contributed by atoms with van der Waals surface area (Å²) in [4.78, 5) is 0. The summed E-state index contributed by atoms with van der Waals surface area (Å²) < 4.78 is 1.82. The Labute approximate surface area is 102 Å². The molecule has 1 aliphatic rings. The number of nitrogens with two attached hydrogens (primary N) is 1. The second-order valence-electron chi connectivity index (χ2n) is 5.28. The van der Waals surface area contributed by atoms with Gasteiger partial charge in [0.2, 0.25) is 0 Å². The van der Waals surface area contributed by atoms with Crippen LogP contribution in [0.3, 0.4) is 0 Å². The molecule has 2 N–H and O–H groups in total. The molecule has 92 valence electrons. The van der Waals surface area contributed by atoms with E-state index in [1.54, 1.807) is 0 Å². The van der Waals surface area contributed by atoms with Crippen molar-refractivity contribution in [2.24, 2.45) is 11.8 Å². The van der Waals surface area contributed by atoms with Gasteiger partial charge in [0.1, 0.15) is 17.5 Å². The zero-order valence-corrected chi connectivity index (χ0v) is 10.6. The van der Waals surface area contributed by atoms with Gasteiger partial charge in [0, 0.05) is 6.54 Å². The van der Waals surface area contributed by atoms with Crippen LogP contribution in [0.2, 0.25) is 0 Å². The van der Waals surface area contributed by atoms with E-state index in [4.69, 9.17) is 11.0 Å². The van der Waals surface area contributed by atoms with Crippen molar-refractivity contribution in [1.82, 2.24) is 9.78 Å². The fourth-order valence-electron chi connectivity index (χ4n) is 2.85. The normalized spacial score (nSPS) is 24.5. The number of hydrogen-bond acceptors (Lipinski definition) is 3. The van der Waals surface area contributed by atoms with Gasteiger partial charge in [-0.2, -0.15) is 10.4 Å². The molecule has 0 bridgehead atoms. The van der Waals surface area contributed by atoms with Crippen molar-refractivity contribution in [3.05, 3.63) is 11.3 Å². The van der Waals surface area contributed by atoms with Gasteiger partial charge in [-0.15, -0.1) is 0 Å². The van der Waals surface area contributed by atoms with Crippen LogP contribution in [-0.4, -0.2) is 9.78 Å². The Kier molecular flexibility index (Phi) is 3.37. The van der Waals surface area contributed by atoms with Crippen LogP contribution >= 0.6 is 0 Å². The van der Waals surface area contributed by atoms with Crippen LogP contribution in [0.15, 0.2) is 0 Å². The van der Waals surface area contributed by atoms with Crippen molar-refractivity contribution in [3.8, 4) is 6.07 Å². The van der Waals surface area contributed by atoms with Gasteiger partial charge >= 0.3 is 0 Å². The van der Waals surface area contributed by atoms with Crippen molar-refractivity contribution < 1.29 is 0 Å². The first-order valence-electron chi connectivity index (χ1n) is 6.34. The topological polar surface area (TPSA) is 67.6 Å². The van der Waals surface area contributed by atoms with Crippen molar-refractivity contribution in [1.29, 1.82) is 5.26 Å². The van der Waals surface area contributed by atoms with E-state index in [1.807, 2.05) is 11.6 Å². The van der Waals surface area contributed by atoms with Gasteiger partial charge in [-0.1, -0.05) is 19.8 Å². The van der Waals surface area contributed by atoms with Crippen LogP contribution in [0.1, 0.15) is 43.9 Å². The van der Waals surface area contributed by atoms with Gasteiger partial charge in [-0.25, -0.2) is 4.68 Å². The molecule has 0 unspecified atom stereocenters. The Balaban J connectivity index is 2.11. The lowest BCUT2D eigenvalue weighted by Crippen LogP contribution is -2.20. The smallest absolute Gasteiger partial charge is 0.140 e. The molecule has 1 aromatic heterocycles.